The summed E-state index contributed by atoms with van der Waals surface area (Å²) in [5.74, 6) is 0.474. The van der Waals surface area contributed by atoms with E-state index in [1.807, 2.05) is 14.2 Å². The van der Waals surface area contributed by atoms with E-state index < -0.39 is 5.72 Å². The molecule has 2 N–H and O–H groups in total. The normalized spacial score (nSPS) is 34.0. The molecule has 0 bridgehead atoms. The van der Waals surface area contributed by atoms with Crippen LogP contribution in [0, 0.1) is 5.41 Å². The van der Waals surface area contributed by atoms with Crippen LogP contribution in [0.2, 0.25) is 0 Å². The fourth-order valence-corrected chi connectivity index (χ4v) is 5.02. The topological polar surface area (TPSA) is 60.1 Å². The predicted octanol–water partition coefficient (Wildman–Crippen LogP) is 3.12. The van der Waals surface area contributed by atoms with E-state index in [1.165, 1.54) is 16.7 Å². The summed E-state index contributed by atoms with van der Waals surface area (Å²) >= 11 is 0. The van der Waals surface area contributed by atoms with Gasteiger partial charge in [-0.05, 0) is 49.7 Å². The van der Waals surface area contributed by atoms with Crippen molar-refractivity contribution in [1.29, 1.82) is 0 Å². The van der Waals surface area contributed by atoms with Crippen molar-refractivity contribution in [2.45, 2.75) is 63.7 Å². The van der Waals surface area contributed by atoms with E-state index in [0.717, 1.165) is 44.9 Å². The SMILES string of the molecule is CCCc1ccc2c(c1)C1(N=C(N)N(C)O1)[C@]1(CC[C@H](OC)CC1)C2. The number of ether oxygens (including phenoxy) is 1. The number of benzene rings is 1. The summed E-state index contributed by atoms with van der Waals surface area (Å²) in [6, 6.07) is 6.86. The Labute approximate surface area is 150 Å². The number of aliphatic imine (C=N–C) groups is 1. The molecule has 1 saturated carbocycles. The van der Waals surface area contributed by atoms with E-state index in [4.69, 9.17) is 20.3 Å². The van der Waals surface area contributed by atoms with Crippen LogP contribution in [0.1, 0.15) is 55.7 Å². The van der Waals surface area contributed by atoms with Crippen LogP contribution in [0.5, 0.6) is 0 Å². The summed E-state index contributed by atoms with van der Waals surface area (Å²) in [6.07, 6.45) is 7.78. The number of hydroxylamine groups is 2. The quantitative estimate of drug-likeness (QED) is 0.916. The Balaban J connectivity index is 1.79. The van der Waals surface area contributed by atoms with E-state index >= 15 is 0 Å². The van der Waals surface area contributed by atoms with Gasteiger partial charge in [0.1, 0.15) is 0 Å². The Bertz CT molecular complexity index is 694. The minimum atomic E-state index is -0.663. The lowest BCUT2D eigenvalue weighted by molar-refractivity contribution is -0.232. The van der Waals surface area contributed by atoms with E-state index in [-0.39, 0.29) is 5.41 Å². The van der Waals surface area contributed by atoms with Gasteiger partial charge in [-0.3, -0.25) is 0 Å². The fraction of sp³-hybridized carbons (Fsp3) is 0.650. The number of methoxy groups -OCH3 is 1. The molecule has 4 rings (SSSR count). The highest BCUT2D eigenvalue weighted by atomic mass is 16.7. The molecule has 1 aromatic rings. The van der Waals surface area contributed by atoms with Crippen molar-refractivity contribution in [2.24, 2.45) is 16.1 Å². The van der Waals surface area contributed by atoms with Crippen LogP contribution in [-0.4, -0.2) is 31.3 Å². The molecule has 2 spiro atoms. The van der Waals surface area contributed by atoms with Crippen molar-refractivity contribution in [2.75, 3.05) is 14.2 Å². The second kappa shape index (κ2) is 5.99. The van der Waals surface area contributed by atoms with E-state index in [1.54, 1.807) is 5.06 Å². The molecule has 0 radical (unpaired) electrons. The molecule has 1 aliphatic heterocycles. The first-order chi connectivity index (χ1) is 12.0. The van der Waals surface area contributed by atoms with Gasteiger partial charge < -0.3 is 10.5 Å². The van der Waals surface area contributed by atoms with Gasteiger partial charge in [-0.25, -0.2) is 14.9 Å². The Morgan fingerprint density at radius 3 is 2.72 bits per heavy atom. The maximum atomic E-state index is 6.41. The molecule has 5 nitrogen and oxygen atoms in total. The number of fused-ring (bicyclic) bond motifs is 3. The number of rotatable bonds is 3. The number of hydrogen-bond donors (Lipinski definition) is 1. The standard InChI is InChI=1S/C20H29N3O2/c1-4-5-14-6-7-15-13-19(10-8-16(24-3)9-11-19)20(17(15)12-14)22-18(21)23(2)25-20/h6-7,12,16H,4-5,8-11,13H2,1-3H3,(H2,21,22)/t16-,19-,20?. The van der Waals surface area contributed by atoms with Crippen LogP contribution in [-0.2, 0) is 28.1 Å². The third-order valence-electron chi connectivity index (χ3n) is 6.41. The van der Waals surface area contributed by atoms with Gasteiger partial charge in [0.2, 0.25) is 11.7 Å². The van der Waals surface area contributed by atoms with Crippen LogP contribution in [0.3, 0.4) is 0 Å². The van der Waals surface area contributed by atoms with E-state index in [9.17, 15) is 0 Å². The van der Waals surface area contributed by atoms with Crippen molar-refractivity contribution in [3.8, 4) is 0 Å². The predicted molar refractivity (Wildman–Crippen MR) is 98.0 cm³/mol. The van der Waals surface area contributed by atoms with Gasteiger partial charge in [-0.15, -0.1) is 0 Å². The van der Waals surface area contributed by atoms with Crippen molar-refractivity contribution < 1.29 is 9.57 Å². The monoisotopic (exact) mass is 343 g/mol. The highest BCUT2D eigenvalue weighted by Gasteiger charge is 2.63. The Morgan fingerprint density at radius 2 is 2.12 bits per heavy atom. The summed E-state index contributed by atoms with van der Waals surface area (Å²) in [5, 5.41) is 1.64. The Hall–Kier alpha value is -1.59. The summed E-state index contributed by atoms with van der Waals surface area (Å²) < 4.78 is 5.60. The van der Waals surface area contributed by atoms with E-state index in [0.29, 0.717) is 12.1 Å². The van der Waals surface area contributed by atoms with E-state index in [2.05, 4.69) is 25.1 Å². The summed E-state index contributed by atoms with van der Waals surface area (Å²) in [7, 11) is 3.67. The maximum Gasteiger partial charge on any atom is 0.220 e. The minimum absolute atomic E-state index is 0.0232. The van der Waals surface area contributed by atoms with Gasteiger partial charge in [-0.2, -0.15) is 0 Å². The van der Waals surface area contributed by atoms with Gasteiger partial charge in [0.25, 0.3) is 0 Å². The third-order valence-corrected chi connectivity index (χ3v) is 6.41. The summed E-state index contributed by atoms with van der Waals surface area (Å²) in [5.41, 5.74) is 9.41. The van der Waals surface area contributed by atoms with Crippen molar-refractivity contribution in [3.63, 3.8) is 0 Å². The Kier molecular flexibility index (Phi) is 4.04. The average Bonchev–Trinajstić information content (AvgIpc) is 3.05. The first-order valence-corrected chi connectivity index (χ1v) is 9.47. The molecule has 3 aliphatic rings. The maximum absolute atomic E-state index is 6.41. The smallest absolute Gasteiger partial charge is 0.220 e. The summed E-state index contributed by atoms with van der Waals surface area (Å²) in [4.78, 5) is 11.3. The molecule has 1 aromatic carbocycles. The lowest BCUT2D eigenvalue weighted by atomic mass is 9.66. The minimum Gasteiger partial charge on any atom is -0.381 e. The fourth-order valence-electron chi connectivity index (χ4n) is 5.02. The zero-order valence-corrected chi connectivity index (χ0v) is 15.5. The lowest BCUT2D eigenvalue weighted by Gasteiger charge is -2.45. The number of nitrogens with two attached hydrogens (primary N) is 1. The highest BCUT2D eigenvalue weighted by molar-refractivity contribution is 5.79. The molecule has 5 heteroatoms. The first kappa shape index (κ1) is 16.9. The molecule has 1 unspecified atom stereocenters. The van der Waals surface area contributed by atoms with Gasteiger partial charge >= 0.3 is 0 Å². The second-order valence-electron chi connectivity index (χ2n) is 7.84. The molecule has 1 fully saturated rings. The highest BCUT2D eigenvalue weighted by Crippen LogP contribution is 2.61. The van der Waals surface area contributed by atoms with Crippen LogP contribution in [0.25, 0.3) is 0 Å². The number of hydrogen-bond acceptors (Lipinski definition) is 5. The van der Waals surface area contributed by atoms with Crippen LogP contribution < -0.4 is 5.73 Å². The second-order valence-corrected chi connectivity index (χ2v) is 7.84. The summed E-state index contributed by atoms with van der Waals surface area (Å²) in [6.45, 7) is 2.21. The van der Waals surface area contributed by atoms with Crippen LogP contribution in [0.4, 0.5) is 0 Å². The van der Waals surface area contributed by atoms with Crippen molar-refractivity contribution in [3.05, 3.63) is 34.9 Å². The van der Waals surface area contributed by atoms with Crippen LogP contribution in [0.15, 0.2) is 23.2 Å². The number of aryl methyl sites for hydroxylation is 1. The molecule has 2 aliphatic carbocycles. The third kappa shape index (κ3) is 2.40. The zero-order valence-electron chi connectivity index (χ0n) is 15.5. The molecule has 25 heavy (non-hydrogen) atoms. The largest absolute Gasteiger partial charge is 0.381 e. The molecular formula is C20H29N3O2. The molecule has 1 atom stereocenters. The van der Waals surface area contributed by atoms with Gasteiger partial charge in [0, 0.05) is 25.1 Å². The number of guanidine groups is 1. The molecular weight excluding hydrogens is 314 g/mol. The molecule has 0 saturated heterocycles. The Morgan fingerprint density at radius 1 is 1.36 bits per heavy atom. The molecule has 0 aromatic heterocycles. The molecule has 1 heterocycles. The van der Waals surface area contributed by atoms with Crippen LogP contribution >= 0.6 is 0 Å². The zero-order chi connectivity index (χ0) is 17.7. The van der Waals surface area contributed by atoms with Gasteiger partial charge in [0.05, 0.1) is 6.10 Å². The number of nitrogens with zero attached hydrogens (tertiary/aromatic N) is 2. The van der Waals surface area contributed by atoms with Crippen molar-refractivity contribution >= 4 is 5.96 Å². The van der Waals surface area contributed by atoms with Gasteiger partial charge in [0.15, 0.2) is 0 Å². The molecule has 0 amide bonds. The van der Waals surface area contributed by atoms with Crippen molar-refractivity contribution in [1.82, 2.24) is 5.06 Å². The first-order valence-electron chi connectivity index (χ1n) is 9.47. The molecule has 136 valence electrons. The lowest BCUT2D eigenvalue weighted by Crippen LogP contribution is -2.46. The van der Waals surface area contributed by atoms with Gasteiger partial charge in [-0.1, -0.05) is 31.5 Å². The average molecular weight is 343 g/mol.